The molecule has 1 fully saturated rings. The summed E-state index contributed by atoms with van der Waals surface area (Å²) in [6, 6.07) is 9.76. The van der Waals surface area contributed by atoms with Crippen LogP contribution >= 0.6 is 0 Å². The lowest BCUT2D eigenvalue weighted by Gasteiger charge is -2.22. The van der Waals surface area contributed by atoms with Gasteiger partial charge in [0.05, 0.1) is 11.7 Å². The van der Waals surface area contributed by atoms with Crippen molar-refractivity contribution in [2.45, 2.75) is 45.6 Å². The van der Waals surface area contributed by atoms with Gasteiger partial charge < -0.3 is 9.42 Å². The molecule has 2 heterocycles. The Labute approximate surface area is 131 Å². The predicted molar refractivity (Wildman–Crippen MR) is 84.8 cm³/mol. The van der Waals surface area contributed by atoms with E-state index >= 15 is 0 Å². The normalized spacial score (nSPS) is 18.2. The van der Waals surface area contributed by atoms with E-state index in [4.69, 9.17) is 4.52 Å². The Bertz CT molecular complexity index is 675. The third kappa shape index (κ3) is 2.78. The van der Waals surface area contributed by atoms with Crippen molar-refractivity contribution in [2.75, 3.05) is 6.54 Å². The van der Waals surface area contributed by atoms with Crippen LogP contribution < -0.4 is 0 Å². The number of carbonyl (C=O) groups excluding carboxylic acids is 1. The van der Waals surface area contributed by atoms with Crippen molar-refractivity contribution < 1.29 is 9.32 Å². The van der Waals surface area contributed by atoms with Crippen molar-refractivity contribution in [3.63, 3.8) is 0 Å². The van der Waals surface area contributed by atoms with E-state index in [0.717, 1.165) is 42.0 Å². The third-order valence-electron chi connectivity index (χ3n) is 4.25. The van der Waals surface area contributed by atoms with Crippen LogP contribution in [0.4, 0.5) is 0 Å². The molecule has 0 spiro atoms. The third-order valence-corrected chi connectivity index (χ3v) is 4.25. The molecule has 1 aromatic carbocycles. The number of rotatable bonds is 3. The molecule has 2 aromatic rings. The maximum absolute atomic E-state index is 12.8. The largest absolute Gasteiger partial charge is 0.359 e. The molecule has 0 unspecified atom stereocenters. The van der Waals surface area contributed by atoms with Crippen LogP contribution in [0, 0.1) is 6.92 Å². The highest BCUT2D eigenvalue weighted by molar-refractivity contribution is 5.94. The maximum Gasteiger partial charge on any atom is 0.254 e. The van der Waals surface area contributed by atoms with Gasteiger partial charge in [-0.3, -0.25) is 4.79 Å². The second-order valence-electron chi connectivity index (χ2n) is 6.33. The van der Waals surface area contributed by atoms with Crippen LogP contribution in [0.5, 0.6) is 0 Å². The Hall–Kier alpha value is -2.10. The van der Waals surface area contributed by atoms with Crippen LogP contribution in [0.25, 0.3) is 0 Å². The van der Waals surface area contributed by atoms with Crippen LogP contribution in [0.15, 0.2) is 34.9 Å². The summed E-state index contributed by atoms with van der Waals surface area (Å²) in [7, 11) is 0. The number of hydrogen-bond acceptors (Lipinski definition) is 3. The van der Waals surface area contributed by atoms with Crippen molar-refractivity contribution in [3.8, 4) is 0 Å². The van der Waals surface area contributed by atoms with Crippen LogP contribution in [0.3, 0.4) is 0 Å². The Morgan fingerprint density at radius 2 is 2.18 bits per heavy atom. The van der Waals surface area contributed by atoms with E-state index in [-0.39, 0.29) is 11.9 Å². The number of aromatic nitrogens is 1. The smallest absolute Gasteiger partial charge is 0.254 e. The fourth-order valence-electron chi connectivity index (χ4n) is 2.98. The number of nitrogens with zero attached hydrogens (tertiary/aromatic N) is 2. The first-order valence-corrected chi connectivity index (χ1v) is 7.90. The lowest BCUT2D eigenvalue weighted by atomic mass is 10.1. The van der Waals surface area contributed by atoms with Crippen molar-refractivity contribution in [1.29, 1.82) is 0 Å². The summed E-state index contributed by atoms with van der Waals surface area (Å²) < 4.78 is 5.51. The lowest BCUT2D eigenvalue weighted by Crippen LogP contribution is -2.30. The van der Waals surface area contributed by atoms with Crippen LogP contribution in [0.1, 0.15) is 66.0 Å². The molecular formula is C18H22N2O2. The zero-order valence-electron chi connectivity index (χ0n) is 13.4. The minimum atomic E-state index is 0.00742. The summed E-state index contributed by atoms with van der Waals surface area (Å²) in [5.74, 6) is 1.22. The first-order chi connectivity index (χ1) is 10.6. The summed E-state index contributed by atoms with van der Waals surface area (Å²) in [5.41, 5.74) is 2.80. The molecule has 4 nitrogen and oxygen atoms in total. The summed E-state index contributed by atoms with van der Waals surface area (Å²) in [4.78, 5) is 14.7. The molecule has 0 aliphatic carbocycles. The maximum atomic E-state index is 12.8. The molecular weight excluding hydrogens is 276 g/mol. The Kier molecular flexibility index (Phi) is 4.01. The fraction of sp³-hybridized carbons (Fsp3) is 0.444. The lowest BCUT2D eigenvalue weighted by molar-refractivity contribution is 0.0714. The van der Waals surface area contributed by atoms with E-state index in [9.17, 15) is 4.79 Å². The second-order valence-corrected chi connectivity index (χ2v) is 6.33. The summed E-state index contributed by atoms with van der Waals surface area (Å²) >= 11 is 0. The van der Waals surface area contributed by atoms with Gasteiger partial charge in [0.2, 0.25) is 0 Å². The Morgan fingerprint density at radius 1 is 1.36 bits per heavy atom. The average Bonchev–Trinajstić information content (AvgIpc) is 3.15. The van der Waals surface area contributed by atoms with Gasteiger partial charge in [-0.1, -0.05) is 36.7 Å². The highest BCUT2D eigenvalue weighted by Gasteiger charge is 2.33. The van der Waals surface area contributed by atoms with Gasteiger partial charge in [0.15, 0.2) is 5.76 Å². The Balaban J connectivity index is 1.84. The molecule has 0 saturated carbocycles. The molecule has 22 heavy (non-hydrogen) atoms. The van der Waals surface area contributed by atoms with Gasteiger partial charge >= 0.3 is 0 Å². The monoisotopic (exact) mass is 298 g/mol. The number of amides is 1. The number of carbonyl (C=O) groups is 1. The summed E-state index contributed by atoms with van der Waals surface area (Å²) in [5, 5.41) is 4.13. The van der Waals surface area contributed by atoms with Crippen LogP contribution in [-0.4, -0.2) is 22.5 Å². The standard InChI is InChI=1S/C18H22N2O2/c1-12(2)15-11-17(22-19-15)16-8-5-9-20(16)18(21)14-7-4-6-13(3)10-14/h4,6-7,10-12,16H,5,8-9H2,1-3H3/t16-/m1/s1. The number of likely N-dealkylation sites (tertiary alicyclic amines) is 1. The minimum absolute atomic E-state index is 0.00742. The van der Waals surface area contributed by atoms with E-state index in [0.29, 0.717) is 5.92 Å². The van der Waals surface area contributed by atoms with E-state index < -0.39 is 0 Å². The quantitative estimate of drug-likeness (QED) is 0.857. The number of hydrogen-bond donors (Lipinski definition) is 0. The summed E-state index contributed by atoms with van der Waals surface area (Å²) in [6.07, 6.45) is 1.93. The molecule has 4 heteroatoms. The van der Waals surface area contributed by atoms with E-state index in [1.807, 2.05) is 42.2 Å². The molecule has 1 saturated heterocycles. The number of benzene rings is 1. The molecule has 1 amide bonds. The van der Waals surface area contributed by atoms with Crippen molar-refractivity contribution in [3.05, 3.63) is 52.9 Å². The fourth-order valence-corrected chi connectivity index (χ4v) is 2.98. The van der Waals surface area contributed by atoms with Gasteiger partial charge in [-0.25, -0.2) is 0 Å². The topological polar surface area (TPSA) is 46.3 Å². The SMILES string of the molecule is Cc1cccc(C(=O)N2CCC[C@@H]2c2cc(C(C)C)no2)c1. The zero-order valence-corrected chi connectivity index (χ0v) is 13.4. The first kappa shape index (κ1) is 14.8. The van der Waals surface area contributed by atoms with E-state index in [1.54, 1.807) is 0 Å². The van der Waals surface area contributed by atoms with Gasteiger partial charge in [0, 0.05) is 18.2 Å². The summed E-state index contributed by atoms with van der Waals surface area (Å²) in [6.45, 7) is 6.96. The van der Waals surface area contributed by atoms with Crippen molar-refractivity contribution >= 4 is 5.91 Å². The van der Waals surface area contributed by atoms with Gasteiger partial charge in [0.25, 0.3) is 5.91 Å². The molecule has 0 N–H and O–H groups in total. The molecule has 1 atom stereocenters. The molecule has 1 aliphatic heterocycles. The van der Waals surface area contributed by atoms with Gasteiger partial charge in [0.1, 0.15) is 0 Å². The van der Waals surface area contributed by atoms with Crippen molar-refractivity contribution in [2.24, 2.45) is 0 Å². The molecule has 1 aliphatic rings. The van der Waals surface area contributed by atoms with E-state index in [2.05, 4.69) is 19.0 Å². The zero-order chi connectivity index (χ0) is 15.7. The second kappa shape index (κ2) is 5.95. The Morgan fingerprint density at radius 3 is 2.86 bits per heavy atom. The molecule has 116 valence electrons. The van der Waals surface area contributed by atoms with E-state index in [1.165, 1.54) is 0 Å². The van der Waals surface area contributed by atoms with Gasteiger partial charge in [-0.05, 0) is 37.8 Å². The first-order valence-electron chi connectivity index (χ1n) is 7.90. The molecule has 0 radical (unpaired) electrons. The van der Waals surface area contributed by atoms with Crippen LogP contribution in [-0.2, 0) is 0 Å². The van der Waals surface area contributed by atoms with Gasteiger partial charge in [-0.15, -0.1) is 0 Å². The van der Waals surface area contributed by atoms with Crippen molar-refractivity contribution in [1.82, 2.24) is 10.1 Å². The number of aryl methyl sites for hydroxylation is 1. The minimum Gasteiger partial charge on any atom is -0.359 e. The van der Waals surface area contributed by atoms with Gasteiger partial charge in [-0.2, -0.15) is 0 Å². The molecule has 0 bridgehead atoms. The highest BCUT2D eigenvalue weighted by atomic mass is 16.5. The molecule has 3 rings (SSSR count). The van der Waals surface area contributed by atoms with Crippen LogP contribution in [0.2, 0.25) is 0 Å². The predicted octanol–water partition coefficient (Wildman–Crippen LogP) is 4.08. The highest BCUT2D eigenvalue weighted by Crippen LogP contribution is 2.34. The average molecular weight is 298 g/mol. The molecule has 1 aromatic heterocycles.